The standard InChI is InChI=1S/C24H27N3OS/c1-16-11-12-22(13-17(16)2)27-18(3)14-21(19(27)4)15-25-26-24(28)20(5)29-23-9-7-6-8-10-23/h6-15,20H,1-5H3,(H,26,28)/b25-15-/t20-/m1/s1. The average Bonchev–Trinajstić information content (AvgIpc) is 2.98. The maximum Gasteiger partial charge on any atom is 0.253 e. The average molecular weight is 406 g/mol. The number of aryl methyl sites for hydroxylation is 3. The molecule has 0 radical (unpaired) electrons. The lowest BCUT2D eigenvalue weighted by molar-refractivity contribution is -0.120. The molecule has 0 aliphatic carbocycles. The smallest absolute Gasteiger partial charge is 0.253 e. The van der Waals surface area contributed by atoms with Gasteiger partial charge in [-0.2, -0.15) is 5.10 Å². The minimum absolute atomic E-state index is 0.113. The van der Waals surface area contributed by atoms with Crippen LogP contribution >= 0.6 is 11.8 Å². The zero-order valence-corrected chi connectivity index (χ0v) is 18.4. The van der Waals surface area contributed by atoms with Gasteiger partial charge < -0.3 is 4.57 Å². The Labute approximate surface area is 177 Å². The number of hydrogen-bond acceptors (Lipinski definition) is 3. The molecule has 3 rings (SSSR count). The summed E-state index contributed by atoms with van der Waals surface area (Å²) in [5.41, 5.74) is 9.56. The summed E-state index contributed by atoms with van der Waals surface area (Å²) in [5, 5.41) is 3.97. The highest BCUT2D eigenvalue weighted by molar-refractivity contribution is 8.00. The van der Waals surface area contributed by atoms with Crippen molar-refractivity contribution in [3.05, 3.63) is 82.7 Å². The van der Waals surface area contributed by atoms with Gasteiger partial charge in [0.2, 0.25) is 0 Å². The molecule has 1 amide bonds. The van der Waals surface area contributed by atoms with Crippen molar-refractivity contribution in [2.24, 2.45) is 5.10 Å². The maximum atomic E-state index is 12.3. The SMILES string of the molecule is Cc1ccc(-n2c(C)cc(/C=N\NC(=O)[C@@H](C)Sc3ccccc3)c2C)cc1C. The number of thioether (sulfide) groups is 1. The number of rotatable bonds is 6. The van der Waals surface area contributed by atoms with E-state index in [2.05, 4.69) is 67.1 Å². The van der Waals surface area contributed by atoms with Gasteiger partial charge in [0.15, 0.2) is 0 Å². The van der Waals surface area contributed by atoms with Crippen molar-refractivity contribution < 1.29 is 4.79 Å². The molecule has 0 saturated carbocycles. The fourth-order valence-corrected chi connectivity index (χ4v) is 4.08. The van der Waals surface area contributed by atoms with Crippen LogP contribution in [-0.4, -0.2) is 21.9 Å². The van der Waals surface area contributed by atoms with E-state index in [1.165, 1.54) is 22.9 Å². The number of aromatic nitrogens is 1. The van der Waals surface area contributed by atoms with Crippen molar-refractivity contribution in [1.82, 2.24) is 9.99 Å². The molecule has 0 bridgehead atoms. The van der Waals surface area contributed by atoms with Crippen LogP contribution in [0, 0.1) is 27.7 Å². The van der Waals surface area contributed by atoms with Gasteiger partial charge >= 0.3 is 0 Å². The molecule has 1 heterocycles. The molecule has 5 heteroatoms. The molecule has 1 atom stereocenters. The van der Waals surface area contributed by atoms with Gasteiger partial charge in [0, 0.05) is 27.5 Å². The van der Waals surface area contributed by atoms with Crippen LogP contribution in [0.3, 0.4) is 0 Å². The minimum Gasteiger partial charge on any atom is -0.318 e. The lowest BCUT2D eigenvalue weighted by Crippen LogP contribution is -2.26. The quantitative estimate of drug-likeness (QED) is 0.342. The largest absolute Gasteiger partial charge is 0.318 e. The van der Waals surface area contributed by atoms with Crippen molar-refractivity contribution >= 4 is 23.9 Å². The molecule has 1 N–H and O–H groups in total. The first-order valence-electron chi connectivity index (χ1n) is 9.68. The van der Waals surface area contributed by atoms with E-state index in [4.69, 9.17) is 0 Å². The highest BCUT2D eigenvalue weighted by atomic mass is 32.2. The van der Waals surface area contributed by atoms with Crippen LogP contribution in [0.5, 0.6) is 0 Å². The molecule has 29 heavy (non-hydrogen) atoms. The molecular formula is C24H27N3OS. The molecule has 0 aliphatic heterocycles. The zero-order chi connectivity index (χ0) is 21.0. The summed E-state index contributed by atoms with van der Waals surface area (Å²) in [7, 11) is 0. The lowest BCUT2D eigenvalue weighted by atomic mass is 10.1. The fraction of sp³-hybridized carbons (Fsp3) is 0.250. The summed E-state index contributed by atoms with van der Waals surface area (Å²) in [6.07, 6.45) is 1.72. The number of hydrazone groups is 1. The molecular weight excluding hydrogens is 378 g/mol. The summed E-state index contributed by atoms with van der Waals surface area (Å²) in [6, 6.07) is 18.5. The summed E-state index contributed by atoms with van der Waals surface area (Å²) in [4.78, 5) is 13.4. The van der Waals surface area contributed by atoms with E-state index < -0.39 is 0 Å². The Morgan fingerprint density at radius 1 is 1.03 bits per heavy atom. The van der Waals surface area contributed by atoms with E-state index in [1.807, 2.05) is 37.3 Å². The Bertz CT molecular complexity index is 1040. The normalized spacial score (nSPS) is 12.3. The van der Waals surface area contributed by atoms with Crippen molar-refractivity contribution in [3.63, 3.8) is 0 Å². The van der Waals surface area contributed by atoms with E-state index in [0.29, 0.717) is 0 Å². The van der Waals surface area contributed by atoms with E-state index in [0.717, 1.165) is 27.5 Å². The Balaban J connectivity index is 1.69. The van der Waals surface area contributed by atoms with E-state index in [1.54, 1.807) is 6.21 Å². The Kier molecular flexibility index (Phi) is 6.60. The predicted molar refractivity (Wildman–Crippen MR) is 122 cm³/mol. The van der Waals surface area contributed by atoms with Crippen molar-refractivity contribution in [3.8, 4) is 5.69 Å². The Morgan fingerprint density at radius 3 is 2.45 bits per heavy atom. The first kappa shape index (κ1) is 20.9. The third kappa shape index (κ3) is 4.98. The third-order valence-corrected chi connectivity index (χ3v) is 6.13. The molecule has 0 spiro atoms. The van der Waals surface area contributed by atoms with Crippen LogP contribution in [0.2, 0.25) is 0 Å². The third-order valence-electron chi connectivity index (χ3n) is 5.02. The molecule has 2 aromatic carbocycles. The molecule has 3 aromatic rings. The Morgan fingerprint density at radius 2 is 1.76 bits per heavy atom. The highest BCUT2D eigenvalue weighted by Crippen LogP contribution is 2.23. The van der Waals surface area contributed by atoms with E-state index >= 15 is 0 Å². The topological polar surface area (TPSA) is 46.4 Å². The Hall–Kier alpha value is -2.79. The van der Waals surface area contributed by atoms with Crippen LogP contribution in [0.1, 0.15) is 35.0 Å². The van der Waals surface area contributed by atoms with Gasteiger partial charge in [-0.1, -0.05) is 24.3 Å². The molecule has 150 valence electrons. The molecule has 0 unspecified atom stereocenters. The first-order chi connectivity index (χ1) is 13.9. The van der Waals surface area contributed by atoms with Gasteiger partial charge in [-0.15, -0.1) is 11.8 Å². The van der Waals surface area contributed by atoms with Gasteiger partial charge in [-0.3, -0.25) is 4.79 Å². The number of carbonyl (C=O) groups excluding carboxylic acids is 1. The maximum absolute atomic E-state index is 12.3. The monoisotopic (exact) mass is 405 g/mol. The lowest BCUT2D eigenvalue weighted by Gasteiger charge is -2.11. The van der Waals surface area contributed by atoms with Crippen LogP contribution in [0.25, 0.3) is 5.69 Å². The predicted octanol–water partition coefficient (Wildman–Crippen LogP) is 5.34. The summed E-state index contributed by atoms with van der Waals surface area (Å²) in [6.45, 7) is 10.3. The minimum atomic E-state index is -0.225. The first-order valence-corrected chi connectivity index (χ1v) is 10.6. The van der Waals surface area contributed by atoms with Gasteiger partial charge in [0.05, 0.1) is 11.5 Å². The van der Waals surface area contributed by atoms with Gasteiger partial charge in [0.1, 0.15) is 0 Å². The molecule has 0 fully saturated rings. The van der Waals surface area contributed by atoms with Gasteiger partial charge in [-0.25, -0.2) is 5.43 Å². The highest BCUT2D eigenvalue weighted by Gasteiger charge is 2.14. The van der Waals surface area contributed by atoms with Crippen molar-refractivity contribution in [2.45, 2.75) is 44.8 Å². The number of amides is 1. The van der Waals surface area contributed by atoms with Crippen molar-refractivity contribution in [2.75, 3.05) is 0 Å². The number of nitrogens with one attached hydrogen (secondary N) is 1. The van der Waals surface area contributed by atoms with Crippen LogP contribution in [-0.2, 0) is 4.79 Å². The van der Waals surface area contributed by atoms with Crippen LogP contribution < -0.4 is 5.43 Å². The second kappa shape index (κ2) is 9.14. The van der Waals surface area contributed by atoms with E-state index in [9.17, 15) is 4.79 Å². The number of benzene rings is 2. The number of carbonyl (C=O) groups is 1. The zero-order valence-electron chi connectivity index (χ0n) is 17.6. The summed E-state index contributed by atoms with van der Waals surface area (Å²) >= 11 is 1.52. The number of nitrogens with zero attached hydrogens (tertiary/aromatic N) is 2. The molecule has 4 nitrogen and oxygen atoms in total. The molecule has 1 aromatic heterocycles. The van der Waals surface area contributed by atoms with Crippen LogP contribution in [0.15, 0.2) is 64.6 Å². The molecule has 0 saturated heterocycles. The van der Waals surface area contributed by atoms with E-state index in [-0.39, 0.29) is 11.2 Å². The summed E-state index contributed by atoms with van der Waals surface area (Å²) < 4.78 is 2.21. The van der Waals surface area contributed by atoms with Gasteiger partial charge in [-0.05, 0) is 76.1 Å². The number of hydrogen-bond donors (Lipinski definition) is 1. The fourth-order valence-electron chi connectivity index (χ4n) is 3.19. The second-order valence-electron chi connectivity index (χ2n) is 7.24. The van der Waals surface area contributed by atoms with Crippen LogP contribution in [0.4, 0.5) is 0 Å². The summed E-state index contributed by atoms with van der Waals surface area (Å²) in [5.74, 6) is -0.113. The second-order valence-corrected chi connectivity index (χ2v) is 8.65. The van der Waals surface area contributed by atoms with Crippen molar-refractivity contribution in [1.29, 1.82) is 0 Å². The van der Waals surface area contributed by atoms with Gasteiger partial charge in [0.25, 0.3) is 5.91 Å². The molecule has 0 aliphatic rings.